The fourth-order valence-corrected chi connectivity index (χ4v) is 2.80. The Kier molecular flexibility index (Phi) is 5.11. The molecule has 2 rings (SSSR count). The van der Waals surface area contributed by atoms with Crippen molar-refractivity contribution >= 4 is 5.78 Å². The molecule has 104 valence electrons. The average molecular weight is 261 g/mol. The van der Waals surface area contributed by atoms with Gasteiger partial charge in [-0.25, -0.2) is 0 Å². The molecule has 2 atom stereocenters. The molecule has 1 heterocycles. The molecule has 0 N–H and O–H groups in total. The molecular formula is C16H23NO2. The van der Waals surface area contributed by atoms with Crippen LogP contribution >= 0.6 is 0 Å². The van der Waals surface area contributed by atoms with Crippen molar-refractivity contribution in [1.29, 1.82) is 0 Å². The summed E-state index contributed by atoms with van der Waals surface area (Å²) in [6, 6.07) is 9.97. The van der Waals surface area contributed by atoms with Crippen molar-refractivity contribution in [3.8, 4) is 0 Å². The monoisotopic (exact) mass is 261 g/mol. The van der Waals surface area contributed by atoms with E-state index in [2.05, 4.69) is 18.7 Å². The number of morpholine rings is 1. The summed E-state index contributed by atoms with van der Waals surface area (Å²) in [5, 5.41) is 0. The first-order valence-corrected chi connectivity index (χ1v) is 7.20. The molecule has 3 nitrogen and oxygen atoms in total. The Morgan fingerprint density at radius 3 is 2.74 bits per heavy atom. The van der Waals surface area contributed by atoms with E-state index in [-0.39, 0.29) is 11.8 Å². The number of hydrogen-bond donors (Lipinski definition) is 0. The Balaban J connectivity index is 2.16. The van der Waals surface area contributed by atoms with E-state index in [0.717, 1.165) is 38.2 Å². The molecule has 1 aromatic rings. The predicted molar refractivity (Wildman–Crippen MR) is 76.5 cm³/mol. The van der Waals surface area contributed by atoms with Gasteiger partial charge in [0, 0.05) is 18.2 Å². The molecule has 0 aliphatic carbocycles. The lowest BCUT2D eigenvalue weighted by molar-refractivity contribution is -0.0257. The number of hydrogen-bond acceptors (Lipinski definition) is 3. The van der Waals surface area contributed by atoms with Gasteiger partial charge in [0.1, 0.15) is 0 Å². The zero-order valence-corrected chi connectivity index (χ0v) is 11.8. The molecule has 0 radical (unpaired) electrons. The van der Waals surface area contributed by atoms with Gasteiger partial charge in [-0.15, -0.1) is 0 Å². The minimum absolute atomic E-state index is 0.0174. The van der Waals surface area contributed by atoms with Crippen LogP contribution in [0.1, 0.15) is 37.0 Å². The third-order valence-corrected chi connectivity index (χ3v) is 3.89. The number of ketones is 1. The molecule has 0 bridgehead atoms. The molecule has 19 heavy (non-hydrogen) atoms. The molecular weight excluding hydrogens is 238 g/mol. The predicted octanol–water partition coefficient (Wildman–Crippen LogP) is 2.76. The smallest absolute Gasteiger partial charge is 0.179 e. The first-order valence-electron chi connectivity index (χ1n) is 7.20. The zero-order valence-electron chi connectivity index (χ0n) is 11.8. The van der Waals surface area contributed by atoms with Crippen molar-refractivity contribution in [3.63, 3.8) is 0 Å². The van der Waals surface area contributed by atoms with E-state index >= 15 is 0 Å². The second-order valence-electron chi connectivity index (χ2n) is 5.03. The van der Waals surface area contributed by atoms with Gasteiger partial charge in [0.05, 0.1) is 19.3 Å². The maximum absolute atomic E-state index is 12.7. The number of carbonyl (C=O) groups is 1. The maximum Gasteiger partial charge on any atom is 0.179 e. The molecule has 0 amide bonds. The van der Waals surface area contributed by atoms with Crippen molar-refractivity contribution in [1.82, 2.24) is 4.90 Å². The van der Waals surface area contributed by atoms with Crippen LogP contribution in [0.5, 0.6) is 0 Å². The fraction of sp³-hybridized carbons (Fsp3) is 0.562. The van der Waals surface area contributed by atoms with E-state index in [0.29, 0.717) is 6.04 Å². The third kappa shape index (κ3) is 3.23. The molecule has 2 unspecified atom stereocenters. The van der Waals surface area contributed by atoms with Crippen LogP contribution in [-0.4, -0.2) is 42.5 Å². The Labute approximate surface area is 115 Å². The summed E-state index contributed by atoms with van der Waals surface area (Å²) >= 11 is 0. The highest BCUT2D eigenvalue weighted by atomic mass is 16.5. The van der Waals surface area contributed by atoms with Crippen molar-refractivity contribution in [2.75, 3.05) is 19.8 Å². The molecule has 1 fully saturated rings. The molecule has 1 aromatic carbocycles. The van der Waals surface area contributed by atoms with Gasteiger partial charge in [0.2, 0.25) is 0 Å². The zero-order chi connectivity index (χ0) is 13.7. The molecule has 0 saturated carbocycles. The lowest BCUT2D eigenvalue weighted by Gasteiger charge is -2.39. The maximum atomic E-state index is 12.7. The van der Waals surface area contributed by atoms with E-state index in [1.807, 2.05) is 30.3 Å². The van der Waals surface area contributed by atoms with Gasteiger partial charge in [-0.05, 0) is 12.8 Å². The standard InChI is InChI=1S/C16H23NO2/c1-3-14-12-19-11-10-17(14)15(4-2)16(18)13-8-6-5-7-9-13/h5-9,14-15H,3-4,10-12H2,1-2H3. The molecule has 0 spiro atoms. The van der Waals surface area contributed by atoms with Crippen LogP contribution in [0.4, 0.5) is 0 Å². The quantitative estimate of drug-likeness (QED) is 0.763. The normalized spacial score (nSPS) is 22.1. The van der Waals surface area contributed by atoms with E-state index in [1.54, 1.807) is 0 Å². The van der Waals surface area contributed by atoms with Crippen LogP contribution in [0.15, 0.2) is 30.3 Å². The summed E-state index contributed by atoms with van der Waals surface area (Å²) < 4.78 is 5.53. The van der Waals surface area contributed by atoms with Crippen LogP contribution in [0, 0.1) is 0 Å². The number of ether oxygens (including phenoxy) is 1. The molecule has 0 aromatic heterocycles. The van der Waals surface area contributed by atoms with Crippen LogP contribution in [0.3, 0.4) is 0 Å². The Hall–Kier alpha value is -1.19. The minimum atomic E-state index is -0.0174. The van der Waals surface area contributed by atoms with Gasteiger partial charge in [0.15, 0.2) is 5.78 Å². The summed E-state index contributed by atoms with van der Waals surface area (Å²) in [7, 11) is 0. The topological polar surface area (TPSA) is 29.5 Å². The van der Waals surface area contributed by atoms with Crippen molar-refractivity contribution in [2.45, 2.75) is 38.8 Å². The van der Waals surface area contributed by atoms with E-state index in [9.17, 15) is 4.79 Å². The highest BCUT2D eigenvalue weighted by Crippen LogP contribution is 2.19. The van der Waals surface area contributed by atoms with Gasteiger partial charge in [0.25, 0.3) is 0 Å². The first kappa shape index (κ1) is 14.2. The van der Waals surface area contributed by atoms with E-state index < -0.39 is 0 Å². The third-order valence-electron chi connectivity index (χ3n) is 3.89. The Bertz CT molecular complexity index is 404. The van der Waals surface area contributed by atoms with Gasteiger partial charge < -0.3 is 4.74 Å². The lowest BCUT2D eigenvalue weighted by Crippen LogP contribution is -2.53. The van der Waals surface area contributed by atoms with Crippen molar-refractivity contribution < 1.29 is 9.53 Å². The van der Waals surface area contributed by atoms with E-state index in [4.69, 9.17) is 4.74 Å². The van der Waals surface area contributed by atoms with Gasteiger partial charge >= 0.3 is 0 Å². The Morgan fingerprint density at radius 2 is 2.11 bits per heavy atom. The second kappa shape index (κ2) is 6.83. The molecule has 1 saturated heterocycles. The second-order valence-corrected chi connectivity index (χ2v) is 5.03. The SMILES string of the molecule is CCC1COCCN1C(CC)C(=O)c1ccccc1. The summed E-state index contributed by atoms with van der Waals surface area (Å²) in [6.07, 6.45) is 1.88. The van der Waals surface area contributed by atoms with Gasteiger partial charge in [-0.3, -0.25) is 9.69 Å². The highest BCUT2D eigenvalue weighted by Gasteiger charge is 2.31. The van der Waals surface area contributed by atoms with Crippen molar-refractivity contribution in [3.05, 3.63) is 35.9 Å². The summed E-state index contributed by atoms with van der Waals surface area (Å²) in [4.78, 5) is 15.0. The largest absolute Gasteiger partial charge is 0.378 e. The average Bonchev–Trinajstić information content (AvgIpc) is 2.49. The summed E-state index contributed by atoms with van der Waals surface area (Å²) in [6.45, 7) is 6.58. The minimum Gasteiger partial charge on any atom is -0.378 e. The number of Topliss-reactive ketones (excluding diaryl/α,β-unsaturated/α-hetero) is 1. The van der Waals surface area contributed by atoms with Crippen LogP contribution in [-0.2, 0) is 4.74 Å². The summed E-state index contributed by atoms with van der Waals surface area (Å²) in [5.74, 6) is 0.239. The van der Waals surface area contributed by atoms with Crippen LogP contribution in [0.25, 0.3) is 0 Å². The number of benzene rings is 1. The molecule has 1 aliphatic rings. The highest BCUT2D eigenvalue weighted by molar-refractivity contribution is 6.00. The van der Waals surface area contributed by atoms with E-state index in [1.165, 1.54) is 0 Å². The number of nitrogens with zero attached hydrogens (tertiary/aromatic N) is 1. The fourth-order valence-electron chi connectivity index (χ4n) is 2.80. The number of carbonyl (C=O) groups excluding carboxylic acids is 1. The molecule has 3 heteroatoms. The number of rotatable bonds is 5. The molecule has 1 aliphatic heterocycles. The lowest BCUT2D eigenvalue weighted by atomic mass is 9.98. The van der Waals surface area contributed by atoms with Gasteiger partial charge in [-0.1, -0.05) is 44.2 Å². The Morgan fingerprint density at radius 1 is 1.37 bits per heavy atom. The van der Waals surface area contributed by atoms with Gasteiger partial charge in [-0.2, -0.15) is 0 Å². The first-order chi connectivity index (χ1) is 9.27. The van der Waals surface area contributed by atoms with Crippen molar-refractivity contribution in [2.24, 2.45) is 0 Å². The van der Waals surface area contributed by atoms with Crippen LogP contribution < -0.4 is 0 Å². The van der Waals surface area contributed by atoms with Crippen LogP contribution in [0.2, 0.25) is 0 Å². The summed E-state index contributed by atoms with van der Waals surface area (Å²) in [5.41, 5.74) is 0.815.